The summed E-state index contributed by atoms with van der Waals surface area (Å²) in [6.07, 6.45) is 2.67. The molecule has 19 heavy (non-hydrogen) atoms. The molecular formula is C13H18N6. The number of nitrogens with one attached hydrogen (secondary N) is 1. The largest absolute Gasteiger partial charge is 0.370 e. The van der Waals surface area contributed by atoms with Crippen LogP contribution in [0.2, 0.25) is 0 Å². The Hall–Kier alpha value is -2.37. The molecule has 0 unspecified atom stereocenters. The van der Waals surface area contributed by atoms with Crippen LogP contribution in [0.15, 0.2) is 35.5 Å². The average molecular weight is 258 g/mol. The van der Waals surface area contributed by atoms with Crippen LogP contribution in [0.1, 0.15) is 18.2 Å². The van der Waals surface area contributed by atoms with Gasteiger partial charge in [-0.3, -0.25) is 0 Å². The number of aryl methyl sites for hydroxylation is 2. The molecule has 2 rings (SSSR count). The van der Waals surface area contributed by atoms with Gasteiger partial charge in [0.25, 0.3) is 0 Å². The number of nitrogens with two attached hydrogens (primary N) is 1. The lowest BCUT2D eigenvalue weighted by Crippen LogP contribution is -2.22. The van der Waals surface area contributed by atoms with Crippen molar-refractivity contribution in [1.82, 2.24) is 15.0 Å². The second kappa shape index (κ2) is 5.99. The molecular weight excluding hydrogens is 240 g/mol. The summed E-state index contributed by atoms with van der Waals surface area (Å²) in [5, 5.41) is 11.2. The lowest BCUT2D eigenvalue weighted by Gasteiger charge is -2.06. The standard InChI is InChI=1S/C13H18N6/c1-3-10-5-4-6-11(7-10)17-13(14)15-8-12-9-16-19(2)18-12/h4-7,9H,3,8H2,1-2H3,(H3,14,15,17). The van der Waals surface area contributed by atoms with Crippen molar-refractivity contribution >= 4 is 11.6 Å². The Balaban J connectivity index is 1.97. The van der Waals surface area contributed by atoms with Gasteiger partial charge in [-0.1, -0.05) is 19.1 Å². The van der Waals surface area contributed by atoms with Crippen molar-refractivity contribution in [2.75, 3.05) is 5.32 Å². The van der Waals surface area contributed by atoms with Crippen LogP contribution in [0.25, 0.3) is 0 Å². The quantitative estimate of drug-likeness (QED) is 0.640. The lowest BCUT2D eigenvalue weighted by atomic mass is 10.1. The summed E-state index contributed by atoms with van der Waals surface area (Å²) < 4.78 is 0. The normalized spacial score (nSPS) is 11.6. The van der Waals surface area contributed by atoms with Gasteiger partial charge in [-0.25, -0.2) is 4.99 Å². The fraction of sp³-hybridized carbons (Fsp3) is 0.308. The van der Waals surface area contributed by atoms with E-state index in [4.69, 9.17) is 5.73 Å². The Bertz CT molecular complexity index is 572. The Morgan fingerprint density at radius 2 is 2.32 bits per heavy atom. The smallest absolute Gasteiger partial charge is 0.193 e. The molecule has 0 amide bonds. The highest BCUT2D eigenvalue weighted by Crippen LogP contribution is 2.10. The van der Waals surface area contributed by atoms with E-state index in [0.29, 0.717) is 12.5 Å². The first-order chi connectivity index (χ1) is 9.17. The second-order valence-corrected chi connectivity index (χ2v) is 4.21. The molecule has 6 heteroatoms. The van der Waals surface area contributed by atoms with Crippen LogP contribution >= 0.6 is 0 Å². The predicted octanol–water partition coefficient (Wildman–Crippen LogP) is 1.30. The van der Waals surface area contributed by atoms with Crippen molar-refractivity contribution < 1.29 is 0 Å². The van der Waals surface area contributed by atoms with Gasteiger partial charge in [-0.2, -0.15) is 15.0 Å². The molecule has 3 N–H and O–H groups in total. The van der Waals surface area contributed by atoms with Crippen molar-refractivity contribution in [3.63, 3.8) is 0 Å². The fourth-order valence-electron chi connectivity index (χ4n) is 1.68. The van der Waals surface area contributed by atoms with Crippen molar-refractivity contribution in [2.24, 2.45) is 17.8 Å². The molecule has 6 nitrogen and oxygen atoms in total. The molecule has 0 aliphatic carbocycles. The van der Waals surface area contributed by atoms with Crippen molar-refractivity contribution in [2.45, 2.75) is 19.9 Å². The number of aliphatic imine (C=N–C) groups is 1. The van der Waals surface area contributed by atoms with Crippen molar-refractivity contribution in [1.29, 1.82) is 0 Å². The topological polar surface area (TPSA) is 81.1 Å². The SMILES string of the molecule is CCc1cccc(NC(N)=NCc2cnn(C)n2)c1. The molecule has 0 bridgehead atoms. The van der Waals surface area contributed by atoms with Gasteiger partial charge in [-0.15, -0.1) is 0 Å². The van der Waals surface area contributed by atoms with Crippen LogP contribution in [0.3, 0.4) is 0 Å². The zero-order chi connectivity index (χ0) is 13.7. The van der Waals surface area contributed by atoms with Gasteiger partial charge in [0.2, 0.25) is 0 Å². The minimum absolute atomic E-state index is 0.374. The van der Waals surface area contributed by atoms with E-state index in [2.05, 4.69) is 39.6 Å². The summed E-state index contributed by atoms with van der Waals surface area (Å²) in [5.41, 5.74) is 8.82. The maximum atomic E-state index is 5.84. The second-order valence-electron chi connectivity index (χ2n) is 4.21. The van der Waals surface area contributed by atoms with Crippen molar-refractivity contribution in [3.05, 3.63) is 41.7 Å². The minimum Gasteiger partial charge on any atom is -0.370 e. The van der Waals surface area contributed by atoms with Gasteiger partial charge in [0.05, 0.1) is 12.7 Å². The number of nitrogens with zero attached hydrogens (tertiary/aromatic N) is 4. The summed E-state index contributed by atoms with van der Waals surface area (Å²) in [7, 11) is 1.77. The van der Waals surface area contributed by atoms with Crippen LogP contribution in [0.4, 0.5) is 5.69 Å². The van der Waals surface area contributed by atoms with E-state index in [1.165, 1.54) is 10.4 Å². The highest BCUT2D eigenvalue weighted by molar-refractivity contribution is 5.92. The highest BCUT2D eigenvalue weighted by Gasteiger charge is 1.99. The molecule has 1 heterocycles. The summed E-state index contributed by atoms with van der Waals surface area (Å²) in [6.45, 7) is 2.53. The molecule has 0 atom stereocenters. The number of hydrogen-bond acceptors (Lipinski definition) is 3. The molecule has 0 saturated carbocycles. The van der Waals surface area contributed by atoms with Gasteiger partial charge in [0.1, 0.15) is 5.69 Å². The summed E-state index contributed by atoms with van der Waals surface area (Å²) in [5.74, 6) is 0.374. The Morgan fingerprint density at radius 1 is 1.47 bits per heavy atom. The molecule has 100 valence electrons. The van der Waals surface area contributed by atoms with Gasteiger partial charge >= 0.3 is 0 Å². The summed E-state index contributed by atoms with van der Waals surface area (Å²) in [6, 6.07) is 8.10. The van der Waals surface area contributed by atoms with E-state index in [-0.39, 0.29) is 0 Å². The molecule has 1 aromatic heterocycles. The van der Waals surface area contributed by atoms with E-state index in [1.807, 2.05) is 12.1 Å². The Kier molecular flexibility index (Phi) is 4.12. The number of hydrogen-bond donors (Lipinski definition) is 2. The van der Waals surface area contributed by atoms with Crippen molar-refractivity contribution in [3.8, 4) is 0 Å². The molecule has 0 aliphatic heterocycles. The van der Waals surface area contributed by atoms with Crippen LogP contribution in [-0.4, -0.2) is 21.0 Å². The van der Waals surface area contributed by atoms with Crippen LogP contribution in [0.5, 0.6) is 0 Å². The zero-order valence-electron chi connectivity index (χ0n) is 11.2. The molecule has 0 aliphatic rings. The zero-order valence-corrected chi connectivity index (χ0v) is 11.2. The van der Waals surface area contributed by atoms with Gasteiger partial charge < -0.3 is 11.1 Å². The van der Waals surface area contributed by atoms with E-state index >= 15 is 0 Å². The molecule has 2 aromatic rings. The third-order valence-electron chi connectivity index (χ3n) is 2.67. The lowest BCUT2D eigenvalue weighted by molar-refractivity contribution is 0.645. The average Bonchev–Trinajstić information content (AvgIpc) is 2.82. The number of aromatic nitrogens is 3. The van der Waals surface area contributed by atoms with Crippen LogP contribution in [-0.2, 0) is 20.0 Å². The molecule has 0 spiro atoms. The van der Waals surface area contributed by atoms with E-state index in [1.54, 1.807) is 13.2 Å². The molecule has 0 radical (unpaired) electrons. The third kappa shape index (κ3) is 3.80. The van der Waals surface area contributed by atoms with Gasteiger partial charge in [0.15, 0.2) is 5.96 Å². The fourth-order valence-corrected chi connectivity index (χ4v) is 1.68. The van der Waals surface area contributed by atoms with Crippen LogP contribution in [0, 0.1) is 0 Å². The summed E-state index contributed by atoms with van der Waals surface area (Å²) in [4.78, 5) is 5.73. The number of guanidine groups is 1. The van der Waals surface area contributed by atoms with E-state index in [0.717, 1.165) is 17.8 Å². The van der Waals surface area contributed by atoms with Gasteiger partial charge in [-0.05, 0) is 24.1 Å². The first-order valence-corrected chi connectivity index (χ1v) is 6.18. The van der Waals surface area contributed by atoms with Gasteiger partial charge in [0, 0.05) is 12.7 Å². The number of rotatable bonds is 4. The first kappa shape index (κ1) is 13.1. The minimum atomic E-state index is 0.374. The Labute approximate surface area is 112 Å². The third-order valence-corrected chi connectivity index (χ3v) is 2.67. The molecule has 0 fully saturated rings. The maximum absolute atomic E-state index is 5.84. The molecule has 0 saturated heterocycles. The Morgan fingerprint density at radius 3 is 3.00 bits per heavy atom. The van der Waals surface area contributed by atoms with Crippen LogP contribution < -0.4 is 11.1 Å². The predicted molar refractivity (Wildman–Crippen MR) is 75.8 cm³/mol. The maximum Gasteiger partial charge on any atom is 0.193 e. The van der Waals surface area contributed by atoms with E-state index in [9.17, 15) is 0 Å². The number of anilines is 1. The first-order valence-electron chi connectivity index (χ1n) is 6.18. The summed E-state index contributed by atoms with van der Waals surface area (Å²) >= 11 is 0. The number of benzene rings is 1. The van der Waals surface area contributed by atoms with E-state index < -0.39 is 0 Å². The highest BCUT2D eigenvalue weighted by atomic mass is 15.4. The monoisotopic (exact) mass is 258 g/mol. The molecule has 1 aromatic carbocycles.